The van der Waals surface area contributed by atoms with Gasteiger partial charge in [0.05, 0.1) is 0 Å². The number of rotatable bonds is 10. The van der Waals surface area contributed by atoms with Crippen LogP contribution in [0.4, 0.5) is 9.59 Å². The number of nitrogens with zero attached hydrogens (tertiary/aromatic N) is 4. The predicted molar refractivity (Wildman–Crippen MR) is 256 cm³/mol. The zero-order valence-corrected chi connectivity index (χ0v) is 38.6. The van der Waals surface area contributed by atoms with Gasteiger partial charge in [-0.25, -0.2) is 9.59 Å². The number of hydrogen-bond donors (Lipinski definition) is 0. The fraction of sp³-hybridized carbons (Fsp3) is 0.296. The summed E-state index contributed by atoms with van der Waals surface area (Å²) in [5, 5.41) is 8.01. The van der Waals surface area contributed by atoms with Crippen molar-refractivity contribution in [2.75, 3.05) is 28.2 Å². The molecule has 0 atom stereocenters. The molecule has 0 saturated heterocycles. The van der Waals surface area contributed by atoms with E-state index in [1.807, 2.05) is 90.1 Å². The molecule has 0 aliphatic carbocycles. The summed E-state index contributed by atoms with van der Waals surface area (Å²) in [5.74, 6) is -0.353. The Morgan fingerprint density at radius 1 is 0.359 bits per heavy atom. The minimum atomic E-state index is -0.617. The Balaban J connectivity index is 1.11. The van der Waals surface area contributed by atoms with E-state index in [1.54, 1.807) is 72.1 Å². The van der Waals surface area contributed by atoms with Crippen LogP contribution in [0.2, 0.25) is 0 Å². The van der Waals surface area contributed by atoms with Crippen LogP contribution < -0.4 is 0 Å². The highest BCUT2D eigenvalue weighted by Gasteiger charge is 2.25. The molecule has 330 valence electrons. The molecule has 0 unspecified atom stereocenters. The first-order valence-corrected chi connectivity index (χ1v) is 21.6. The molecule has 7 aromatic rings. The zero-order chi connectivity index (χ0) is 46.1. The van der Waals surface area contributed by atoms with E-state index in [4.69, 9.17) is 9.47 Å². The minimum Gasteiger partial charge on any atom is -0.444 e. The number of carbonyl (C=O) groups excluding carboxylic acids is 4. The topological polar surface area (TPSA) is 99.7 Å². The average molecular weight is 859 g/mol. The molecule has 10 heteroatoms. The Morgan fingerprint density at radius 3 is 0.766 bits per heavy atom. The molecule has 0 saturated carbocycles. The van der Waals surface area contributed by atoms with Crippen LogP contribution in [0.25, 0.3) is 43.1 Å². The molecule has 7 aromatic carbocycles. The van der Waals surface area contributed by atoms with E-state index in [2.05, 4.69) is 48.5 Å². The summed E-state index contributed by atoms with van der Waals surface area (Å²) < 4.78 is 11.3. The maximum absolute atomic E-state index is 14.1. The number of fused-ring (bicyclic) bond motifs is 4. The van der Waals surface area contributed by atoms with Crippen molar-refractivity contribution in [1.29, 1.82) is 0 Å². The van der Waals surface area contributed by atoms with Gasteiger partial charge in [0.15, 0.2) is 0 Å². The van der Waals surface area contributed by atoms with Crippen LogP contribution in [0, 0.1) is 0 Å². The Bertz CT molecular complexity index is 2600. The molecule has 0 aromatic heterocycles. The van der Waals surface area contributed by atoms with E-state index in [0.29, 0.717) is 37.3 Å². The lowest BCUT2D eigenvalue weighted by atomic mass is 9.91. The number of ether oxygens (including phenoxy) is 2. The van der Waals surface area contributed by atoms with Crippen LogP contribution >= 0.6 is 0 Å². The van der Waals surface area contributed by atoms with Gasteiger partial charge in [0.25, 0.3) is 11.8 Å². The van der Waals surface area contributed by atoms with Crippen LogP contribution in [-0.2, 0) is 35.7 Å². The normalized spacial score (nSPS) is 11.8. The fourth-order valence-electron chi connectivity index (χ4n) is 8.40. The molecule has 4 amide bonds. The Kier molecular flexibility index (Phi) is 12.7. The lowest BCUT2D eigenvalue weighted by Crippen LogP contribution is -2.34. The molecular weight excluding hydrogens is 801 g/mol. The maximum Gasteiger partial charge on any atom is 0.410 e. The first-order valence-electron chi connectivity index (χ1n) is 21.6. The van der Waals surface area contributed by atoms with Gasteiger partial charge in [0, 0.05) is 65.5 Å². The van der Waals surface area contributed by atoms with Crippen LogP contribution in [0.3, 0.4) is 0 Å². The third-order valence-electron chi connectivity index (χ3n) is 11.4. The van der Waals surface area contributed by atoms with Gasteiger partial charge in [-0.3, -0.25) is 9.59 Å². The third kappa shape index (κ3) is 9.66. The van der Waals surface area contributed by atoms with Crippen molar-refractivity contribution in [3.05, 3.63) is 155 Å². The van der Waals surface area contributed by atoms with Crippen molar-refractivity contribution in [3.8, 4) is 0 Å². The highest BCUT2D eigenvalue weighted by Crippen LogP contribution is 2.37. The lowest BCUT2D eigenvalue weighted by molar-refractivity contribution is 0.0276. The maximum atomic E-state index is 14.1. The molecule has 0 radical (unpaired) electrons. The van der Waals surface area contributed by atoms with Gasteiger partial charge in [-0.05, 0) is 131 Å². The standard InChI is InChI=1S/C54H58N4O6/c1-53(2,3)63-51(61)57(9)33-47-41-23-15-11-19-37(41)45(38-20-12-16-24-42(38)47)31-55(7)49(59)35-27-29-36(30-28-35)50(60)56(8)32-46-39-21-13-17-25-43(39)48(44-26-18-14-22-40(44)46)34-58(10)52(62)64-54(4,5)6/h11-30H,31-34H2,1-10H3. The number of carbonyl (C=O) groups is 4. The second-order valence-electron chi connectivity index (χ2n) is 18.7. The lowest BCUT2D eigenvalue weighted by Gasteiger charge is -2.26. The average Bonchev–Trinajstić information content (AvgIpc) is 3.26. The second-order valence-corrected chi connectivity index (χ2v) is 18.7. The molecule has 64 heavy (non-hydrogen) atoms. The van der Waals surface area contributed by atoms with Crippen molar-refractivity contribution in [2.24, 2.45) is 0 Å². The molecule has 0 aliphatic heterocycles. The Morgan fingerprint density at radius 2 is 0.562 bits per heavy atom. The summed E-state index contributed by atoms with van der Waals surface area (Å²) in [6, 6.07) is 39.3. The highest BCUT2D eigenvalue weighted by atomic mass is 16.6. The number of amides is 4. The van der Waals surface area contributed by atoms with Gasteiger partial charge >= 0.3 is 12.2 Å². The minimum absolute atomic E-state index is 0.176. The third-order valence-corrected chi connectivity index (χ3v) is 11.4. The van der Waals surface area contributed by atoms with E-state index >= 15 is 0 Å². The van der Waals surface area contributed by atoms with Crippen LogP contribution in [-0.4, -0.2) is 83.0 Å². The van der Waals surface area contributed by atoms with Gasteiger partial charge in [0.1, 0.15) is 11.2 Å². The van der Waals surface area contributed by atoms with Crippen molar-refractivity contribution in [2.45, 2.75) is 78.9 Å². The number of benzene rings is 7. The van der Waals surface area contributed by atoms with Crippen molar-refractivity contribution < 1.29 is 28.7 Å². The molecule has 7 rings (SSSR count). The number of hydrogen-bond acceptors (Lipinski definition) is 6. The van der Waals surface area contributed by atoms with Crippen LogP contribution in [0.15, 0.2) is 121 Å². The van der Waals surface area contributed by atoms with Crippen molar-refractivity contribution in [1.82, 2.24) is 19.6 Å². The first-order chi connectivity index (χ1) is 30.3. The summed E-state index contributed by atoms with van der Waals surface area (Å²) in [6.45, 7) is 12.5. The highest BCUT2D eigenvalue weighted by molar-refractivity contribution is 6.08. The van der Waals surface area contributed by atoms with Gasteiger partial charge in [-0.15, -0.1) is 0 Å². The monoisotopic (exact) mass is 858 g/mol. The Labute approximate surface area is 375 Å². The largest absolute Gasteiger partial charge is 0.444 e. The zero-order valence-electron chi connectivity index (χ0n) is 38.6. The molecule has 0 N–H and O–H groups in total. The summed E-state index contributed by atoms with van der Waals surface area (Å²) in [5.41, 5.74) is 3.71. The SMILES string of the molecule is CN(Cc1c2ccccc2c(CN(C)C(=O)c2ccc(C(=O)N(C)Cc3c4ccccc4c(CN(C)C(=O)OC(C)(C)C)c4ccccc34)cc2)c2ccccc12)C(=O)OC(C)(C)C. The van der Waals surface area contributed by atoms with E-state index in [-0.39, 0.29) is 11.8 Å². The van der Waals surface area contributed by atoms with Gasteiger partial charge in [-0.2, -0.15) is 0 Å². The van der Waals surface area contributed by atoms with Crippen molar-refractivity contribution >= 4 is 67.1 Å². The van der Waals surface area contributed by atoms with Crippen LogP contribution in [0.1, 0.15) is 84.5 Å². The fourth-order valence-corrected chi connectivity index (χ4v) is 8.40. The van der Waals surface area contributed by atoms with Gasteiger partial charge in [-0.1, -0.05) is 97.1 Å². The van der Waals surface area contributed by atoms with Crippen LogP contribution in [0.5, 0.6) is 0 Å². The quantitative estimate of drug-likeness (QED) is 0.127. The molecular formula is C54H58N4O6. The van der Waals surface area contributed by atoms with E-state index in [1.165, 1.54) is 0 Å². The molecule has 0 bridgehead atoms. The van der Waals surface area contributed by atoms with Crippen molar-refractivity contribution in [3.63, 3.8) is 0 Å². The van der Waals surface area contributed by atoms with Gasteiger partial charge < -0.3 is 29.1 Å². The molecule has 10 nitrogen and oxygen atoms in total. The van der Waals surface area contributed by atoms with E-state index in [0.717, 1.165) is 65.3 Å². The molecule has 0 spiro atoms. The molecule has 0 heterocycles. The first kappa shape index (κ1) is 45.1. The summed E-state index contributed by atoms with van der Waals surface area (Å²) in [4.78, 5) is 60.8. The molecule has 0 aliphatic rings. The summed E-state index contributed by atoms with van der Waals surface area (Å²) >= 11 is 0. The van der Waals surface area contributed by atoms with Gasteiger partial charge in [0.2, 0.25) is 0 Å². The predicted octanol–water partition coefficient (Wildman–Crippen LogP) is 11.6. The van der Waals surface area contributed by atoms with E-state index in [9.17, 15) is 19.2 Å². The molecule has 0 fully saturated rings. The Hall–Kier alpha value is -6.94. The summed E-state index contributed by atoms with van der Waals surface area (Å²) in [6.07, 6.45) is -0.797. The smallest absolute Gasteiger partial charge is 0.410 e. The summed E-state index contributed by atoms with van der Waals surface area (Å²) in [7, 11) is 7.07. The second kappa shape index (κ2) is 18.0. The van der Waals surface area contributed by atoms with E-state index < -0.39 is 23.4 Å².